The third-order valence-corrected chi connectivity index (χ3v) is 3.27. The molecule has 0 aliphatic rings. The molecule has 5 heteroatoms. The Bertz CT molecular complexity index is 643. The highest BCUT2D eigenvalue weighted by Crippen LogP contribution is 2.21. The number of nitrogens with two attached hydrogens (primary N) is 1. The Morgan fingerprint density at radius 1 is 1.42 bits per heavy atom. The molecular weight excluding hydrogens is 243 g/mol. The van der Waals surface area contributed by atoms with E-state index >= 15 is 0 Å². The molecule has 100 valence electrons. The summed E-state index contributed by atoms with van der Waals surface area (Å²) in [7, 11) is 0. The molecule has 0 amide bonds. The molecular formula is C14H17FN4. The van der Waals surface area contributed by atoms with E-state index in [4.69, 9.17) is 11.1 Å². The minimum absolute atomic E-state index is 0.167. The van der Waals surface area contributed by atoms with Crippen molar-refractivity contribution in [3.05, 3.63) is 46.5 Å². The number of nitrogens with zero attached hydrogens (tertiary/aromatic N) is 2. The minimum Gasteiger partial charge on any atom is -0.384 e. The fourth-order valence-electron chi connectivity index (χ4n) is 2.33. The van der Waals surface area contributed by atoms with E-state index in [1.807, 2.05) is 13.8 Å². The monoisotopic (exact) mass is 260 g/mol. The molecule has 3 N–H and O–H groups in total. The molecule has 0 aliphatic heterocycles. The number of nitrogen functional groups attached to an aromatic ring is 1. The second kappa shape index (κ2) is 4.84. The molecule has 0 bridgehead atoms. The van der Waals surface area contributed by atoms with E-state index in [0.29, 0.717) is 11.3 Å². The number of hydrogen-bond acceptors (Lipinski definition) is 2. The number of aromatic nitrogens is 2. The van der Waals surface area contributed by atoms with Crippen LogP contribution in [0.3, 0.4) is 0 Å². The van der Waals surface area contributed by atoms with Gasteiger partial charge in [0, 0.05) is 11.3 Å². The SMILES string of the molecule is CCc1c(C)nn(-c2ccc(F)cc2C(=N)N)c1C. The molecule has 2 aromatic rings. The summed E-state index contributed by atoms with van der Waals surface area (Å²) in [6.45, 7) is 5.98. The lowest BCUT2D eigenvalue weighted by Gasteiger charge is -2.10. The van der Waals surface area contributed by atoms with Gasteiger partial charge in [0.1, 0.15) is 11.7 Å². The van der Waals surface area contributed by atoms with Gasteiger partial charge in [-0.15, -0.1) is 0 Å². The highest BCUT2D eigenvalue weighted by Gasteiger charge is 2.15. The first kappa shape index (κ1) is 13.3. The number of hydrogen-bond donors (Lipinski definition) is 2. The minimum atomic E-state index is -0.411. The van der Waals surface area contributed by atoms with Crippen molar-refractivity contribution in [3.8, 4) is 5.69 Å². The summed E-state index contributed by atoms with van der Waals surface area (Å²) in [4.78, 5) is 0. The molecule has 0 aliphatic carbocycles. The van der Waals surface area contributed by atoms with Gasteiger partial charge in [-0.05, 0) is 44.0 Å². The fraction of sp³-hybridized carbons (Fsp3) is 0.286. The van der Waals surface area contributed by atoms with Crippen molar-refractivity contribution in [1.82, 2.24) is 9.78 Å². The molecule has 0 unspecified atom stereocenters. The molecule has 1 aromatic carbocycles. The van der Waals surface area contributed by atoms with Gasteiger partial charge in [-0.1, -0.05) is 6.92 Å². The summed E-state index contributed by atoms with van der Waals surface area (Å²) in [6.07, 6.45) is 0.883. The lowest BCUT2D eigenvalue weighted by Crippen LogP contribution is -2.16. The number of halogens is 1. The van der Waals surface area contributed by atoms with Crippen LogP contribution in [0.15, 0.2) is 18.2 Å². The van der Waals surface area contributed by atoms with Crippen molar-refractivity contribution in [2.45, 2.75) is 27.2 Å². The highest BCUT2D eigenvalue weighted by molar-refractivity contribution is 5.98. The average Bonchev–Trinajstić information content (AvgIpc) is 2.64. The van der Waals surface area contributed by atoms with Crippen LogP contribution in [0.5, 0.6) is 0 Å². The van der Waals surface area contributed by atoms with Crippen LogP contribution in [0.1, 0.15) is 29.4 Å². The van der Waals surface area contributed by atoms with E-state index in [1.165, 1.54) is 17.7 Å². The lowest BCUT2D eigenvalue weighted by molar-refractivity contribution is 0.626. The normalized spacial score (nSPS) is 10.7. The molecule has 19 heavy (non-hydrogen) atoms. The Balaban J connectivity index is 2.69. The molecule has 0 spiro atoms. The molecule has 1 aromatic heterocycles. The molecule has 1 heterocycles. The molecule has 2 rings (SSSR count). The second-order valence-corrected chi connectivity index (χ2v) is 4.49. The van der Waals surface area contributed by atoms with Gasteiger partial charge in [-0.25, -0.2) is 9.07 Å². The zero-order valence-electron chi connectivity index (χ0n) is 11.3. The van der Waals surface area contributed by atoms with Crippen molar-refractivity contribution in [2.24, 2.45) is 5.73 Å². The summed E-state index contributed by atoms with van der Waals surface area (Å²) in [5.74, 6) is -0.578. The van der Waals surface area contributed by atoms with Crippen molar-refractivity contribution >= 4 is 5.84 Å². The molecule has 0 fully saturated rings. The number of benzene rings is 1. The Hall–Kier alpha value is -2.17. The third-order valence-electron chi connectivity index (χ3n) is 3.27. The van der Waals surface area contributed by atoms with E-state index in [0.717, 1.165) is 17.8 Å². The summed E-state index contributed by atoms with van der Waals surface area (Å²) in [5.41, 5.74) is 9.62. The highest BCUT2D eigenvalue weighted by atomic mass is 19.1. The van der Waals surface area contributed by atoms with Crippen LogP contribution < -0.4 is 5.73 Å². The van der Waals surface area contributed by atoms with Crippen LogP contribution in [-0.4, -0.2) is 15.6 Å². The predicted octanol–water partition coefficient (Wildman–Crippen LogP) is 2.47. The molecule has 0 saturated heterocycles. The van der Waals surface area contributed by atoms with Gasteiger partial charge in [-0.2, -0.15) is 5.10 Å². The average molecular weight is 260 g/mol. The quantitative estimate of drug-likeness (QED) is 0.657. The summed E-state index contributed by atoms with van der Waals surface area (Å²) >= 11 is 0. The van der Waals surface area contributed by atoms with Crippen LogP contribution in [0.25, 0.3) is 5.69 Å². The molecule has 4 nitrogen and oxygen atoms in total. The summed E-state index contributed by atoms with van der Waals surface area (Å²) in [6, 6.07) is 4.22. The Labute approximate surface area is 111 Å². The van der Waals surface area contributed by atoms with Crippen LogP contribution in [-0.2, 0) is 6.42 Å². The van der Waals surface area contributed by atoms with Crippen molar-refractivity contribution in [2.75, 3.05) is 0 Å². The lowest BCUT2D eigenvalue weighted by atomic mass is 10.1. The van der Waals surface area contributed by atoms with Gasteiger partial charge in [0.15, 0.2) is 0 Å². The van der Waals surface area contributed by atoms with Gasteiger partial charge in [0.2, 0.25) is 0 Å². The maximum Gasteiger partial charge on any atom is 0.125 e. The standard InChI is InChI=1S/C14H17FN4/c1-4-11-8(2)18-19(9(11)3)13-6-5-10(15)7-12(13)14(16)17/h5-7H,4H2,1-3H3,(H3,16,17). The van der Waals surface area contributed by atoms with Gasteiger partial charge in [0.25, 0.3) is 0 Å². The Kier molecular flexibility index (Phi) is 3.38. The number of aryl methyl sites for hydroxylation is 1. The maximum absolute atomic E-state index is 13.3. The first-order valence-corrected chi connectivity index (χ1v) is 6.15. The zero-order chi connectivity index (χ0) is 14.2. The number of amidine groups is 1. The Morgan fingerprint density at radius 3 is 2.63 bits per heavy atom. The maximum atomic E-state index is 13.3. The smallest absolute Gasteiger partial charge is 0.125 e. The number of rotatable bonds is 3. The van der Waals surface area contributed by atoms with Gasteiger partial charge in [-0.3, -0.25) is 5.41 Å². The molecule has 0 radical (unpaired) electrons. The van der Waals surface area contributed by atoms with Crippen molar-refractivity contribution < 1.29 is 4.39 Å². The topological polar surface area (TPSA) is 67.7 Å². The fourth-order valence-corrected chi connectivity index (χ4v) is 2.33. The summed E-state index contributed by atoms with van der Waals surface area (Å²) < 4.78 is 15.0. The van der Waals surface area contributed by atoms with E-state index in [1.54, 1.807) is 10.7 Å². The van der Waals surface area contributed by atoms with Crippen LogP contribution in [0, 0.1) is 25.1 Å². The van der Waals surface area contributed by atoms with Gasteiger partial charge >= 0.3 is 0 Å². The zero-order valence-corrected chi connectivity index (χ0v) is 11.3. The largest absolute Gasteiger partial charge is 0.384 e. The van der Waals surface area contributed by atoms with E-state index in [9.17, 15) is 4.39 Å². The Morgan fingerprint density at radius 2 is 2.11 bits per heavy atom. The van der Waals surface area contributed by atoms with Gasteiger partial charge in [0.05, 0.1) is 11.4 Å². The van der Waals surface area contributed by atoms with E-state index in [2.05, 4.69) is 12.0 Å². The first-order chi connectivity index (χ1) is 8.95. The van der Waals surface area contributed by atoms with Crippen molar-refractivity contribution in [3.63, 3.8) is 0 Å². The van der Waals surface area contributed by atoms with E-state index in [-0.39, 0.29) is 5.84 Å². The van der Waals surface area contributed by atoms with Crippen LogP contribution >= 0.6 is 0 Å². The molecule has 0 atom stereocenters. The second-order valence-electron chi connectivity index (χ2n) is 4.49. The van der Waals surface area contributed by atoms with Gasteiger partial charge < -0.3 is 5.73 Å². The molecule has 0 saturated carbocycles. The van der Waals surface area contributed by atoms with Crippen molar-refractivity contribution in [1.29, 1.82) is 5.41 Å². The third kappa shape index (κ3) is 2.23. The summed E-state index contributed by atoms with van der Waals surface area (Å²) in [5, 5.41) is 12.0. The number of nitrogens with one attached hydrogen (secondary N) is 1. The first-order valence-electron chi connectivity index (χ1n) is 6.15. The predicted molar refractivity (Wildman–Crippen MR) is 73.4 cm³/mol. The van der Waals surface area contributed by atoms with Crippen LogP contribution in [0.4, 0.5) is 4.39 Å². The van der Waals surface area contributed by atoms with Crippen LogP contribution in [0.2, 0.25) is 0 Å². The van der Waals surface area contributed by atoms with E-state index < -0.39 is 5.82 Å².